The van der Waals surface area contributed by atoms with Crippen LogP contribution in [-0.4, -0.2) is 42.0 Å². The lowest BCUT2D eigenvalue weighted by molar-refractivity contribution is -0.144. The van der Waals surface area contributed by atoms with Gasteiger partial charge in [-0.05, 0) is 31.9 Å². The summed E-state index contributed by atoms with van der Waals surface area (Å²) >= 11 is 0. The van der Waals surface area contributed by atoms with E-state index in [2.05, 4.69) is 11.8 Å². The van der Waals surface area contributed by atoms with Crippen molar-refractivity contribution in [2.24, 2.45) is 5.73 Å². The molecule has 1 amide bonds. The first-order valence-corrected chi connectivity index (χ1v) is 7.89. The number of esters is 1. The Hall–Kier alpha value is -2.32. The standard InChI is InChI=1S/C18H22N2O3/c1-2-23-17(21)13-15(11-10-14-7-4-3-5-8-14)20-12-6-9-16(20)18(19)22/h3-5,7-8,15-16H,2,6,9,12-13H2,1H3,(H2,19,22)/t15-,16+/m1/s1. The fraction of sp³-hybridized carbons (Fsp3) is 0.444. The van der Waals surface area contributed by atoms with Crippen LogP contribution in [0.4, 0.5) is 0 Å². The number of benzene rings is 1. The Morgan fingerprint density at radius 2 is 2.13 bits per heavy atom. The number of likely N-dealkylation sites (tertiary alicyclic amines) is 1. The van der Waals surface area contributed by atoms with Crippen molar-refractivity contribution in [3.63, 3.8) is 0 Å². The molecule has 1 aromatic carbocycles. The van der Waals surface area contributed by atoms with Crippen LogP contribution in [0.5, 0.6) is 0 Å². The first kappa shape index (κ1) is 17.0. The van der Waals surface area contributed by atoms with E-state index in [1.165, 1.54) is 0 Å². The van der Waals surface area contributed by atoms with Gasteiger partial charge in [-0.1, -0.05) is 30.0 Å². The molecule has 2 rings (SSSR count). The van der Waals surface area contributed by atoms with Crippen LogP contribution < -0.4 is 5.73 Å². The molecule has 0 unspecified atom stereocenters. The normalized spacial score (nSPS) is 18.7. The monoisotopic (exact) mass is 314 g/mol. The molecule has 1 aromatic rings. The van der Waals surface area contributed by atoms with E-state index < -0.39 is 0 Å². The first-order valence-electron chi connectivity index (χ1n) is 7.89. The van der Waals surface area contributed by atoms with Crippen molar-refractivity contribution in [1.82, 2.24) is 4.90 Å². The summed E-state index contributed by atoms with van der Waals surface area (Å²) in [4.78, 5) is 25.4. The second kappa shape index (κ2) is 8.35. The quantitative estimate of drug-likeness (QED) is 0.657. The molecule has 1 aliphatic heterocycles. The minimum absolute atomic E-state index is 0.136. The molecule has 5 nitrogen and oxygen atoms in total. The molecule has 0 saturated carbocycles. The Morgan fingerprint density at radius 1 is 1.39 bits per heavy atom. The number of hydrogen-bond acceptors (Lipinski definition) is 4. The maximum Gasteiger partial charge on any atom is 0.308 e. The van der Waals surface area contributed by atoms with Crippen LogP contribution >= 0.6 is 0 Å². The van der Waals surface area contributed by atoms with Crippen molar-refractivity contribution in [2.75, 3.05) is 13.2 Å². The van der Waals surface area contributed by atoms with Crippen molar-refractivity contribution < 1.29 is 14.3 Å². The van der Waals surface area contributed by atoms with Crippen LogP contribution in [0.15, 0.2) is 30.3 Å². The lowest BCUT2D eigenvalue weighted by Crippen LogP contribution is -2.46. The highest BCUT2D eigenvalue weighted by Crippen LogP contribution is 2.21. The lowest BCUT2D eigenvalue weighted by Gasteiger charge is -2.27. The van der Waals surface area contributed by atoms with Gasteiger partial charge in [-0.15, -0.1) is 0 Å². The van der Waals surface area contributed by atoms with Gasteiger partial charge in [0.15, 0.2) is 0 Å². The molecule has 1 saturated heterocycles. The van der Waals surface area contributed by atoms with E-state index in [-0.39, 0.29) is 30.4 Å². The molecule has 1 heterocycles. The largest absolute Gasteiger partial charge is 0.466 e. The summed E-state index contributed by atoms with van der Waals surface area (Å²) in [7, 11) is 0. The maximum absolute atomic E-state index is 11.9. The van der Waals surface area contributed by atoms with Gasteiger partial charge in [0.25, 0.3) is 0 Å². The van der Waals surface area contributed by atoms with Crippen LogP contribution in [0, 0.1) is 11.8 Å². The second-order valence-electron chi connectivity index (χ2n) is 5.46. The Balaban J connectivity index is 2.19. The van der Waals surface area contributed by atoms with E-state index in [0.29, 0.717) is 19.6 Å². The fourth-order valence-electron chi connectivity index (χ4n) is 2.78. The minimum Gasteiger partial charge on any atom is -0.466 e. The minimum atomic E-state index is -0.366. The van der Waals surface area contributed by atoms with Gasteiger partial charge in [0.1, 0.15) is 0 Å². The molecular formula is C18H22N2O3. The van der Waals surface area contributed by atoms with Crippen LogP contribution in [0.3, 0.4) is 0 Å². The van der Waals surface area contributed by atoms with Gasteiger partial charge >= 0.3 is 5.97 Å². The first-order chi connectivity index (χ1) is 11.1. The average Bonchev–Trinajstić information content (AvgIpc) is 3.02. The van der Waals surface area contributed by atoms with Gasteiger partial charge in [0.05, 0.1) is 25.1 Å². The fourth-order valence-corrected chi connectivity index (χ4v) is 2.78. The molecule has 1 fully saturated rings. The zero-order valence-electron chi connectivity index (χ0n) is 13.3. The Morgan fingerprint density at radius 3 is 2.78 bits per heavy atom. The van der Waals surface area contributed by atoms with E-state index in [4.69, 9.17) is 10.5 Å². The smallest absolute Gasteiger partial charge is 0.308 e. The summed E-state index contributed by atoms with van der Waals surface area (Å²) in [6, 6.07) is 8.83. The summed E-state index contributed by atoms with van der Waals surface area (Å²) in [6.07, 6.45) is 1.72. The molecule has 0 bridgehead atoms. The van der Waals surface area contributed by atoms with Crippen molar-refractivity contribution >= 4 is 11.9 Å². The molecule has 1 aliphatic rings. The van der Waals surface area contributed by atoms with Crippen molar-refractivity contribution in [1.29, 1.82) is 0 Å². The molecular weight excluding hydrogens is 292 g/mol. The number of nitrogens with zero attached hydrogens (tertiary/aromatic N) is 1. The maximum atomic E-state index is 11.9. The SMILES string of the molecule is CCOC(=O)C[C@@H](C#Cc1ccccc1)N1CCC[C@H]1C(N)=O. The molecule has 23 heavy (non-hydrogen) atoms. The van der Waals surface area contributed by atoms with E-state index in [9.17, 15) is 9.59 Å². The number of amides is 1. The number of carbonyl (C=O) groups is 2. The van der Waals surface area contributed by atoms with Gasteiger partial charge < -0.3 is 10.5 Å². The number of ether oxygens (including phenoxy) is 1. The number of carbonyl (C=O) groups excluding carboxylic acids is 2. The highest BCUT2D eigenvalue weighted by Gasteiger charge is 2.34. The predicted octanol–water partition coefficient (Wildman–Crippen LogP) is 1.31. The molecule has 2 N–H and O–H groups in total. The van der Waals surface area contributed by atoms with Gasteiger partial charge in [0, 0.05) is 12.1 Å². The van der Waals surface area contributed by atoms with E-state index in [0.717, 1.165) is 12.0 Å². The Labute approximate surface area is 136 Å². The second-order valence-corrected chi connectivity index (χ2v) is 5.46. The van der Waals surface area contributed by atoms with Gasteiger partial charge in [-0.2, -0.15) is 0 Å². The molecule has 0 aromatic heterocycles. The predicted molar refractivity (Wildman–Crippen MR) is 87.3 cm³/mol. The van der Waals surface area contributed by atoms with Crippen LogP contribution in [0.25, 0.3) is 0 Å². The number of rotatable bonds is 5. The summed E-state index contributed by atoms with van der Waals surface area (Å²) < 4.78 is 5.03. The number of hydrogen-bond donors (Lipinski definition) is 1. The van der Waals surface area contributed by atoms with E-state index >= 15 is 0 Å². The Bertz CT molecular complexity index is 604. The van der Waals surface area contributed by atoms with Gasteiger partial charge in [-0.3, -0.25) is 14.5 Å². The highest BCUT2D eigenvalue weighted by atomic mass is 16.5. The van der Waals surface area contributed by atoms with E-state index in [1.54, 1.807) is 6.92 Å². The van der Waals surface area contributed by atoms with Gasteiger partial charge in [0.2, 0.25) is 5.91 Å². The van der Waals surface area contributed by atoms with Crippen LogP contribution in [0.1, 0.15) is 31.7 Å². The molecule has 5 heteroatoms. The van der Waals surface area contributed by atoms with Gasteiger partial charge in [-0.25, -0.2) is 0 Å². The average molecular weight is 314 g/mol. The zero-order chi connectivity index (χ0) is 16.7. The Kier molecular flexibility index (Phi) is 6.19. The number of nitrogens with two attached hydrogens (primary N) is 1. The summed E-state index contributed by atoms with van der Waals surface area (Å²) in [5.74, 6) is 5.52. The van der Waals surface area contributed by atoms with Crippen molar-refractivity contribution in [2.45, 2.75) is 38.3 Å². The van der Waals surface area contributed by atoms with E-state index in [1.807, 2.05) is 35.2 Å². The molecule has 2 atom stereocenters. The summed E-state index contributed by atoms with van der Waals surface area (Å²) in [5, 5.41) is 0. The highest BCUT2D eigenvalue weighted by molar-refractivity contribution is 5.80. The third-order valence-corrected chi connectivity index (χ3v) is 3.85. The summed E-state index contributed by atoms with van der Waals surface area (Å²) in [5.41, 5.74) is 6.35. The molecule has 122 valence electrons. The third kappa shape index (κ3) is 4.83. The summed E-state index contributed by atoms with van der Waals surface area (Å²) in [6.45, 7) is 2.81. The topological polar surface area (TPSA) is 72.6 Å². The zero-order valence-corrected chi connectivity index (χ0v) is 13.3. The number of primary amides is 1. The molecule has 0 radical (unpaired) electrons. The lowest BCUT2D eigenvalue weighted by atomic mass is 10.1. The molecule has 0 spiro atoms. The molecule has 0 aliphatic carbocycles. The van der Waals surface area contributed by atoms with Crippen LogP contribution in [0.2, 0.25) is 0 Å². The van der Waals surface area contributed by atoms with Crippen LogP contribution in [-0.2, 0) is 14.3 Å². The third-order valence-electron chi connectivity index (χ3n) is 3.85. The van der Waals surface area contributed by atoms with Crippen molar-refractivity contribution in [3.8, 4) is 11.8 Å². The van der Waals surface area contributed by atoms with Crippen molar-refractivity contribution in [3.05, 3.63) is 35.9 Å².